The van der Waals surface area contributed by atoms with Crippen LogP contribution in [0.15, 0.2) is 30.3 Å². The van der Waals surface area contributed by atoms with Crippen molar-refractivity contribution in [1.82, 2.24) is 16.0 Å². The minimum atomic E-state index is -0.837. The molecule has 164 valence electrons. The first-order valence-electron chi connectivity index (χ1n) is 10.4. The van der Waals surface area contributed by atoms with Crippen LogP contribution in [0.25, 0.3) is 0 Å². The summed E-state index contributed by atoms with van der Waals surface area (Å²) in [5.74, 6) is -0.729. The molecular weight excluding hydrogens is 386 g/mol. The van der Waals surface area contributed by atoms with E-state index in [1.807, 2.05) is 44.2 Å². The van der Waals surface area contributed by atoms with Crippen molar-refractivity contribution >= 4 is 24.2 Å². The van der Waals surface area contributed by atoms with Crippen LogP contribution < -0.4 is 16.0 Å². The van der Waals surface area contributed by atoms with E-state index in [4.69, 9.17) is 4.74 Å². The number of aldehydes is 1. The van der Waals surface area contributed by atoms with Crippen molar-refractivity contribution < 1.29 is 23.9 Å². The Morgan fingerprint density at radius 1 is 1.23 bits per heavy atom. The minimum Gasteiger partial charge on any atom is -0.445 e. The number of amides is 3. The number of ether oxygens (including phenoxy) is 1. The zero-order chi connectivity index (χ0) is 21.9. The molecule has 8 nitrogen and oxygen atoms in total. The van der Waals surface area contributed by atoms with Crippen molar-refractivity contribution in [2.24, 2.45) is 11.8 Å². The molecule has 3 atom stereocenters. The summed E-state index contributed by atoms with van der Waals surface area (Å²) in [6.07, 6.45) is 2.11. The Morgan fingerprint density at radius 2 is 1.97 bits per heavy atom. The Morgan fingerprint density at radius 3 is 2.60 bits per heavy atom. The second-order valence-corrected chi connectivity index (χ2v) is 8.01. The predicted octanol–water partition coefficient (Wildman–Crippen LogP) is 1.93. The maximum absolute atomic E-state index is 12.7. The van der Waals surface area contributed by atoms with Crippen LogP contribution in [-0.2, 0) is 25.7 Å². The Hall–Kier alpha value is -2.90. The fourth-order valence-corrected chi connectivity index (χ4v) is 3.41. The van der Waals surface area contributed by atoms with Crippen molar-refractivity contribution in [2.45, 2.75) is 58.2 Å². The molecule has 0 radical (unpaired) electrons. The summed E-state index contributed by atoms with van der Waals surface area (Å²) in [6.45, 7) is 4.59. The first kappa shape index (κ1) is 23.4. The van der Waals surface area contributed by atoms with Gasteiger partial charge in [-0.1, -0.05) is 44.2 Å². The van der Waals surface area contributed by atoms with E-state index in [9.17, 15) is 19.2 Å². The highest BCUT2D eigenvalue weighted by Crippen LogP contribution is 2.17. The molecule has 30 heavy (non-hydrogen) atoms. The molecule has 2 rings (SSSR count). The molecule has 8 heteroatoms. The molecule has 0 saturated carbocycles. The molecule has 1 fully saturated rings. The number of rotatable bonds is 10. The summed E-state index contributed by atoms with van der Waals surface area (Å²) in [4.78, 5) is 48.4. The Labute approximate surface area is 177 Å². The Bertz CT molecular complexity index is 723. The molecule has 1 heterocycles. The van der Waals surface area contributed by atoms with Gasteiger partial charge in [0, 0.05) is 12.5 Å². The van der Waals surface area contributed by atoms with E-state index in [1.54, 1.807) is 0 Å². The van der Waals surface area contributed by atoms with E-state index >= 15 is 0 Å². The predicted molar refractivity (Wildman–Crippen MR) is 111 cm³/mol. The SMILES string of the molecule is CC(C)C[C@H](NC(=O)OCc1ccccc1)C(=O)N[C@H](C=O)C[C@@H]1CCCNC1=O. The van der Waals surface area contributed by atoms with Crippen molar-refractivity contribution in [3.05, 3.63) is 35.9 Å². The van der Waals surface area contributed by atoms with Crippen molar-refractivity contribution in [2.75, 3.05) is 6.54 Å². The van der Waals surface area contributed by atoms with Gasteiger partial charge in [0.05, 0.1) is 6.04 Å². The lowest BCUT2D eigenvalue weighted by Gasteiger charge is -2.26. The van der Waals surface area contributed by atoms with Crippen LogP contribution in [0.5, 0.6) is 0 Å². The van der Waals surface area contributed by atoms with Crippen LogP contribution in [0.1, 0.15) is 45.1 Å². The van der Waals surface area contributed by atoms with Gasteiger partial charge in [0.2, 0.25) is 11.8 Å². The molecule has 1 aromatic carbocycles. The molecule has 0 bridgehead atoms. The van der Waals surface area contributed by atoms with Crippen LogP contribution in [0.4, 0.5) is 4.79 Å². The number of nitrogens with one attached hydrogen (secondary N) is 3. The lowest BCUT2D eigenvalue weighted by atomic mass is 9.91. The second kappa shape index (κ2) is 11.9. The van der Waals surface area contributed by atoms with Crippen LogP contribution in [0.2, 0.25) is 0 Å². The molecule has 1 saturated heterocycles. The van der Waals surface area contributed by atoms with Gasteiger partial charge < -0.3 is 25.5 Å². The number of hydrogen-bond donors (Lipinski definition) is 3. The zero-order valence-corrected chi connectivity index (χ0v) is 17.6. The fourth-order valence-electron chi connectivity index (χ4n) is 3.41. The number of benzene rings is 1. The highest BCUT2D eigenvalue weighted by molar-refractivity contribution is 5.88. The van der Waals surface area contributed by atoms with Gasteiger partial charge in [0.1, 0.15) is 18.9 Å². The largest absolute Gasteiger partial charge is 0.445 e. The van der Waals surface area contributed by atoms with Crippen LogP contribution in [0.3, 0.4) is 0 Å². The molecule has 1 aliphatic rings. The number of carbonyl (C=O) groups excluding carboxylic acids is 4. The topological polar surface area (TPSA) is 114 Å². The third-order valence-electron chi connectivity index (χ3n) is 4.96. The average molecular weight is 418 g/mol. The summed E-state index contributed by atoms with van der Waals surface area (Å²) >= 11 is 0. The quantitative estimate of drug-likeness (QED) is 0.504. The van der Waals surface area contributed by atoms with Gasteiger partial charge in [-0.05, 0) is 37.2 Å². The average Bonchev–Trinajstić information content (AvgIpc) is 2.73. The minimum absolute atomic E-state index is 0.0937. The van der Waals surface area contributed by atoms with Crippen molar-refractivity contribution in [1.29, 1.82) is 0 Å². The van der Waals surface area contributed by atoms with Gasteiger partial charge in [0.25, 0.3) is 0 Å². The van der Waals surface area contributed by atoms with E-state index in [2.05, 4.69) is 16.0 Å². The normalized spacial score (nSPS) is 18.1. The lowest BCUT2D eigenvalue weighted by Crippen LogP contribution is -2.51. The second-order valence-electron chi connectivity index (χ2n) is 8.01. The summed E-state index contributed by atoms with van der Waals surface area (Å²) in [7, 11) is 0. The van der Waals surface area contributed by atoms with E-state index in [0.29, 0.717) is 25.7 Å². The number of piperidine rings is 1. The fraction of sp³-hybridized carbons (Fsp3) is 0.545. The molecule has 3 amide bonds. The molecule has 1 aromatic rings. The van der Waals surface area contributed by atoms with Crippen molar-refractivity contribution in [3.8, 4) is 0 Å². The van der Waals surface area contributed by atoms with Crippen LogP contribution in [-0.4, -0.2) is 42.8 Å². The third-order valence-corrected chi connectivity index (χ3v) is 4.96. The molecule has 1 aliphatic heterocycles. The summed E-state index contributed by atoms with van der Waals surface area (Å²) in [5, 5.41) is 8.03. The van der Waals surface area contributed by atoms with Crippen LogP contribution in [0, 0.1) is 11.8 Å². The van der Waals surface area contributed by atoms with E-state index < -0.39 is 24.1 Å². The number of hydrogen-bond acceptors (Lipinski definition) is 5. The van der Waals surface area contributed by atoms with Gasteiger partial charge in [-0.25, -0.2) is 4.79 Å². The van der Waals surface area contributed by atoms with Crippen molar-refractivity contribution in [3.63, 3.8) is 0 Å². The molecule has 0 aromatic heterocycles. The molecular formula is C22H31N3O5. The molecule has 0 spiro atoms. The highest BCUT2D eigenvalue weighted by atomic mass is 16.5. The highest BCUT2D eigenvalue weighted by Gasteiger charge is 2.29. The molecule has 0 unspecified atom stereocenters. The van der Waals surface area contributed by atoms with Gasteiger partial charge in [-0.3, -0.25) is 9.59 Å². The first-order chi connectivity index (χ1) is 14.4. The van der Waals surface area contributed by atoms with Gasteiger partial charge in [-0.2, -0.15) is 0 Å². The van der Waals surface area contributed by atoms with Gasteiger partial charge >= 0.3 is 6.09 Å². The standard InChI is InChI=1S/C22H31N3O5/c1-15(2)11-19(25-22(29)30-14-16-7-4-3-5-8-16)21(28)24-18(13-26)12-17-9-6-10-23-20(17)27/h3-5,7-8,13,15,17-19H,6,9-12,14H2,1-2H3,(H,23,27)(H,24,28)(H,25,29)/t17-,18-,19-/m0/s1. The Balaban J connectivity index is 1.91. The van der Waals surface area contributed by atoms with Gasteiger partial charge in [-0.15, -0.1) is 0 Å². The number of carbonyl (C=O) groups is 4. The molecule has 3 N–H and O–H groups in total. The monoisotopic (exact) mass is 417 g/mol. The summed E-state index contributed by atoms with van der Waals surface area (Å²) in [6, 6.07) is 7.60. The van der Waals surface area contributed by atoms with Crippen LogP contribution >= 0.6 is 0 Å². The summed E-state index contributed by atoms with van der Waals surface area (Å²) < 4.78 is 5.20. The smallest absolute Gasteiger partial charge is 0.408 e. The van der Waals surface area contributed by atoms with E-state index in [0.717, 1.165) is 12.0 Å². The number of alkyl carbamates (subject to hydrolysis) is 1. The molecule has 0 aliphatic carbocycles. The lowest BCUT2D eigenvalue weighted by molar-refractivity contribution is -0.129. The maximum atomic E-state index is 12.7. The first-order valence-corrected chi connectivity index (χ1v) is 10.4. The maximum Gasteiger partial charge on any atom is 0.408 e. The third kappa shape index (κ3) is 7.85. The Kier molecular flexibility index (Phi) is 9.31. The van der Waals surface area contributed by atoms with Gasteiger partial charge in [0.15, 0.2) is 0 Å². The summed E-state index contributed by atoms with van der Waals surface area (Å²) in [5.41, 5.74) is 0.837. The van der Waals surface area contributed by atoms with E-state index in [1.165, 1.54) is 0 Å². The van der Waals surface area contributed by atoms with E-state index in [-0.39, 0.29) is 30.8 Å². The zero-order valence-electron chi connectivity index (χ0n) is 17.6.